The van der Waals surface area contributed by atoms with Crippen LogP contribution in [0.25, 0.3) is 43.1 Å². The first kappa shape index (κ1) is 56.6. The van der Waals surface area contributed by atoms with Gasteiger partial charge in [0, 0.05) is 33.5 Å². The number of rotatable bonds is 34. The normalized spacial score (nSPS) is 11.7. The Balaban J connectivity index is 1.08. The second-order valence-corrected chi connectivity index (χ2v) is 23.1. The lowest BCUT2D eigenvalue weighted by atomic mass is 9.88. The van der Waals surface area contributed by atoms with E-state index < -0.39 is 0 Å². The van der Waals surface area contributed by atoms with Crippen LogP contribution in [0.1, 0.15) is 204 Å². The Hall–Kier alpha value is -6.12. The molecule has 0 bridgehead atoms. The number of hydrogen-bond donors (Lipinski definition) is 0. The number of benzene rings is 9. The van der Waals surface area contributed by atoms with Gasteiger partial charge in [-0.1, -0.05) is 253 Å². The van der Waals surface area contributed by atoms with E-state index in [-0.39, 0.29) is 0 Å². The molecule has 0 radical (unpaired) electrons. The highest BCUT2D eigenvalue weighted by atomic mass is 15.1. The summed E-state index contributed by atoms with van der Waals surface area (Å²) in [6, 6.07) is 61.9. The lowest BCUT2D eigenvalue weighted by Crippen LogP contribution is -2.11. The molecule has 408 valence electrons. The van der Waals surface area contributed by atoms with Crippen LogP contribution in [-0.4, -0.2) is 0 Å². The summed E-state index contributed by atoms with van der Waals surface area (Å²) in [4.78, 5) is 5.06. The van der Waals surface area contributed by atoms with Crippen LogP contribution in [0, 0.1) is 0 Å². The molecule has 2 heteroatoms. The van der Waals surface area contributed by atoms with Gasteiger partial charge in [0.15, 0.2) is 0 Å². The molecule has 0 fully saturated rings. The molecule has 9 aromatic rings. The lowest BCUT2D eigenvalue weighted by molar-refractivity contribution is 0.607. The van der Waals surface area contributed by atoms with E-state index in [2.05, 4.69) is 195 Å². The van der Waals surface area contributed by atoms with Crippen molar-refractivity contribution < 1.29 is 0 Å². The highest BCUT2D eigenvalue weighted by molar-refractivity contribution is 6.35. The summed E-state index contributed by atoms with van der Waals surface area (Å²) < 4.78 is 0. The van der Waals surface area contributed by atoms with E-state index >= 15 is 0 Å². The summed E-state index contributed by atoms with van der Waals surface area (Å²) in [5.74, 6) is 0. The van der Waals surface area contributed by atoms with E-state index in [1.807, 2.05) is 0 Å². The number of hydrogen-bond acceptors (Lipinski definition) is 2. The maximum atomic E-state index is 2.53. The molecule has 0 aliphatic rings. The van der Waals surface area contributed by atoms with Crippen molar-refractivity contribution in [3.8, 4) is 0 Å². The third kappa shape index (κ3) is 14.4. The molecule has 0 saturated heterocycles. The molecular weight excluding hydrogens is 941 g/mol. The predicted octanol–water partition coefficient (Wildman–Crippen LogP) is 24.3. The van der Waals surface area contributed by atoms with Crippen molar-refractivity contribution in [1.82, 2.24) is 0 Å². The Morgan fingerprint density at radius 2 is 0.449 bits per heavy atom. The van der Waals surface area contributed by atoms with Gasteiger partial charge in [-0.25, -0.2) is 0 Å². The molecule has 0 aliphatic carbocycles. The van der Waals surface area contributed by atoms with Crippen LogP contribution in [0.4, 0.5) is 34.1 Å². The summed E-state index contributed by atoms with van der Waals surface area (Å²) in [5, 5.41) is 10.5. The molecule has 0 aromatic heterocycles. The average Bonchev–Trinajstić information content (AvgIpc) is 3.56. The first-order chi connectivity index (χ1) is 38.6. The largest absolute Gasteiger partial charge is 0.310 e. The SMILES string of the molecule is CCCCCCCCc1ccc(N(c2ccc(CCCCCCCC)cc2)c2ccc3c4cccc5c(N(c6ccc(CCCCCCCC)cc6)c6ccc(CCCCCCCC)cc6)ccc(c6cccc2c63)c54)cc1. The fourth-order valence-corrected chi connectivity index (χ4v) is 12.6. The maximum Gasteiger partial charge on any atom is 0.0540 e. The van der Waals surface area contributed by atoms with Gasteiger partial charge in [-0.05, 0) is 167 Å². The third-order valence-corrected chi connectivity index (χ3v) is 17.2. The molecule has 0 aliphatic heterocycles. The van der Waals surface area contributed by atoms with Crippen LogP contribution in [0.2, 0.25) is 0 Å². The number of unbranched alkanes of at least 4 members (excludes halogenated alkanes) is 20. The number of nitrogens with zero attached hydrogens (tertiary/aromatic N) is 2. The smallest absolute Gasteiger partial charge is 0.0540 e. The average molecular weight is 1040 g/mol. The molecular formula is C76H94N2. The van der Waals surface area contributed by atoms with Crippen LogP contribution in [0.5, 0.6) is 0 Å². The second-order valence-electron chi connectivity index (χ2n) is 23.1. The summed E-state index contributed by atoms with van der Waals surface area (Å²) in [5.41, 5.74) is 13.0. The molecule has 9 rings (SSSR count). The van der Waals surface area contributed by atoms with Gasteiger partial charge in [0.25, 0.3) is 0 Å². The number of fused-ring (bicyclic) bond motifs is 2. The molecule has 0 spiro atoms. The van der Waals surface area contributed by atoms with Gasteiger partial charge in [-0.2, -0.15) is 0 Å². The molecule has 2 nitrogen and oxygen atoms in total. The quantitative estimate of drug-likeness (QED) is 0.0225. The summed E-state index contributed by atoms with van der Waals surface area (Å²) in [7, 11) is 0. The minimum absolute atomic E-state index is 1.14. The maximum absolute atomic E-state index is 2.53. The zero-order valence-corrected chi connectivity index (χ0v) is 48.7. The summed E-state index contributed by atoms with van der Waals surface area (Å²) in [6.07, 6.45) is 36.3. The Morgan fingerprint density at radius 1 is 0.218 bits per heavy atom. The van der Waals surface area contributed by atoms with Gasteiger partial charge in [0.05, 0.1) is 11.4 Å². The first-order valence-electron chi connectivity index (χ1n) is 31.7. The van der Waals surface area contributed by atoms with Crippen LogP contribution >= 0.6 is 0 Å². The Bertz CT molecular complexity index is 2810. The van der Waals surface area contributed by atoms with Crippen molar-refractivity contribution in [3.63, 3.8) is 0 Å². The van der Waals surface area contributed by atoms with E-state index in [0.29, 0.717) is 0 Å². The van der Waals surface area contributed by atoms with E-state index in [0.717, 1.165) is 25.7 Å². The highest BCUT2D eigenvalue weighted by Gasteiger charge is 2.23. The lowest BCUT2D eigenvalue weighted by Gasteiger charge is -2.29. The van der Waals surface area contributed by atoms with E-state index in [1.54, 1.807) is 0 Å². The first-order valence-corrected chi connectivity index (χ1v) is 31.7. The molecule has 0 unspecified atom stereocenters. The van der Waals surface area contributed by atoms with Crippen molar-refractivity contribution in [2.75, 3.05) is 9.80 Å². The van der Waals surface area contributed by atoms with Gasteiger partial charge in [-0.3, -0.25) is 0 Å². The van der Waals surface area contributed by atoms with Crippen molar-refractivity contribution in [2.24, 2.45) is 0 Å². The van der Waals surface area contributed by atoms with Gasteiger partial charge in [0.2, 0.25) is 0 Å². The van der Waals surface area contributed by atoms with Crippen LogP contribution in [0.3, 0.4) is 0 Å². The van der Waals surface area contributed by atoms with Crippen molar-refractivity contribution in [2.45, 2.75) is 207 Å². The monoisotopic (exact) mass is 1030 g/mol. The molecule has 0 amide bonds. The number of aryl methyl sites for hydroxylation is 4. The van der Waals surface area contributed by atoms with Crippen molar-refractivity contribution >= 4 is 77.2 Å². The number of anilines is 6. The van der Waals surface area contributed by atoms with Crippen LogP contribution in [0.15, 0.2) is 158 Å². The summed E-state index contributed by atoms with van der Waals surface area (Å²) >= 11 is 0. The predicted molar refractivity (Wildman–Crippen MR) is 345 cm³/mol. The molecule has 0 N–H and O–H groups in total. The van der Waals surface area contributed by atoms with Crippen LogP contribution in [-0.2, 0) is 25.7 Å². The van der Waals surface area contributed by atoms with Crippen LogP contribution < -0.4 is 9.80 Å². The zero-order valence-electron chi connectivity index (χ0n) is 48.7. The standard InChI is InChI=1S/C76H94N2/c1-5-9-13-17-21-25-31-59-39-47-63(48-40-59)77(64-49-41-60(42-50-64)32-26-22-18-14-10-6-2)73-57-55-69-68-36-30-38-72-74(58-56-70(76(68)72)67-35-29-37-71(73)75(67)69)78(65-51-43-61(44-52-65)33-27-23-19-15-11-7-3)66-53-45-62(46-54-66)34-28-24-20-16-12-8-4/h29-30,35-58H,5-28,31-34H2,1-4H3. The van der Waals surface area contributed by atoms with E-state index in [9.17, 15) is 0 Å². The van der Waals surface area contributed by atoms with Crippen molar-refractivity contribution in [1.29, 1.82) is 0 Å². The van der Waals surface area contributed by atoms with E-state index in [1.165, 1.54) is 254 Å². The zero-order chi connectivity index (χ0) is 53.7. The summed E-state index contributed by atoms with van der Waals surface area (Å²) in [6.45, 7) is 9.21. The molecule has 0 atom stereocenters. The fourth-order valence-electron chi connectivity index (χ4n) is 12.6. The second kappa shape index (κ2) is 29.7. The van der Waals surface area contributed by atoms with Gasteiger partial charge in [0.1, 0.15) is 0 Å². The Morgan fingerprint density at radius 3 is 0.718 bits per heavy atom. The van der Waals surface area contributed by atoms with Gasteiger partial charge in [-0.15, -0.1) is 0 Å². The topological polar surface area (TPSA) is 6.48 Å². The molecule has 78 heavy (non-hydrogen) atoms. The van der Waals surface area contributed by atoms with Crippen molar-refractivity contribution in [3.05, 3.63) is 180 Å². The third-order valence-electron chi connectivity index (χ3n) is 17.2. The Labute approximate surface area is 472 Å². The minimum atomic E-state index is 1.14. The fraction of sp³-hybridized carbons (Fsp3) is 0.421. The molecule has 0 heterocycles. The van der Waals surface area contributed by atoms with E-state index in [4.69, 9.17) is 0 Å². The Kier molecular flexibility index (Phi) is 21.6. The minimum Gasteiger partial charge on any atom is -0.310 e. The van der Waals surface area contributed by atoms with Gasteiger partial charge < -0.3 is 9.80 Å². The molecule has 9 aromatic carbocycles. The highest BCUT2D eigenvalue weighted by Crippen LogP contribution is 2.49. The van der Waals surface area contributed by atoms with Gasteiger partial charge >= 0.3 is 0 Å². The molecule has 0 saturated carbocycles.